The number of anilines is 2. The Bertz CT molecular complexity index is 572. The van der Waals surface area contributed by atoms with Crippen LogP contribution in [0.4, 0.5) is 15.8 Å². The number of aromatic hydroxyl groups is 1. The molecular formula is C14H16FN3O. The average Bonchev–Trinajstić information content (AvgIpc) is 2.40. The molecule has 4 nitrogen and oxygen atoms in total. The summed E-state index contributed by atoms with van der Waals surface area (Å²) in [7, 11) is 3.86. The van der Waals surface area contributed by atoms with Crippen molar-refractivity contribution >= 4 is 11.4 Å². The summed E-state index contributed by atoms with van der Waals surface area (Å²) in [6, 6.07) is 6.36. The molecule has 1 aromatic carbocycles. The second-order valence-electron chi connectivity index (χ2n) is 4.39. The number of benzene rings is 1. The van der Waals surface area contributed by atoms with Crippen molar-refractivity contribution < 1.29 is 9.50 Å². The Morgan fingerprint density at radius 1 is 1.32 bits per heavy atom. The van der Waals surface area contributed by atoms with Crippen molar-refractivity contribution in [2.45, 2.75) is 6.54 Å². The van der Waals surface area contributed by atoms with E-state index in [0.29, 0.717) is 12.1 Å². The van der Waals surface area contributed by atoms with Crippen LogP contribution in [0.25, 0.3) is 0 Å². The molecule has 0 unspecified atom stereocenters. The zero-order valence-electron chi connectivity index (χ0n) is 10.9. The first-order chi connectivity index (χ1) is 9.09. The van der Waals surface area contributed by atoms with E-state index in [0.717, 1.165) is 11.4 Å². The van der Waals surface area contributed by atoms with Crippen LogP contribution in [0.5, 0.6) is 5.75 Å². The smallest absolute Gasteiger partial charge is 0.165 e. The summed E-state index contributed by atoms with van der Waals surface area (Å²) in [6.07, 6.45) is 3.41. The van der Waals surface area contributed by atoms with Gasteiger partial charge in [-0.3, -0.25) is 4.98 Å². The number of aromatic nitrogens is 1. The highest BCUT2D eigenvalue weighted by Crippen LogP contribution is 2.25. The number of para-hydroxylation sites is 1. The molecule has 0 saturated heterocycles. The van der Waals surface area contributed by atoms with E-state index in [1.54, 1.807) is 24.5 Å². The zero-order valence-corrected chi connectivity index (χ0v) is 10.9. The first-order valence-electron chi connectivity index (χ1n) is 5.91. The molecule has 0 radical (unpaired) electrons. The Balaban J connectivity index is 2.17. The number of pyridine rings is 1. The molecule has 0 aliphatic rings. The molecule has 0 atom stereocenters. The van der Waals surface area contributed by atoms with Crippen LogP contribution in [0.1, 0.15) is 5.56 Å². The molecule has 0 saturated carbocycles. The number of nitrogens with one attached hydrogen (secondary N) is 1. The van der Waals surface area contributed by atoms with Crippen molar-refractivity contribution in [3.8, 4) is 5.75 Å². The lowest BCUT2D eigenvalue weighted by molar-refractivity contribution is 0.427. The van der Waals surface area contributed by atoms with Gasteiger partial charge in [0.2, 0.25) is 0 Å². The Morgan fingerprint density at radius 2 is 2.11 bits per heavy atom. The van der Waals surface area contributed by atoms with Crippen molar-refractivity contribution in [3.63, 3.8) is 0 Å². The normalized spacial score (nSPS) is 10.3. The summed E-state index contributed by atoms with van der Waals surface area (Å²) in [5.74, 6) is -0.927. The molecule has 5 heteroatoms. The van der Waals surface area contributed by atoms with Gasteiger partial charge in [0.15, 0.2) is 11.6 Å². The highest BCUT2D eigenvalue weighted by atomic mass is 19.1. The molecule has 2 N–H and O–H groups in total. The minimum atomic E-state index is -0.613. The van der Waals surface area contributed by atoms with Gasteiger partial charge in [-0.1, -0.05) is 12.1 Å². The van der Waals surface area contributed by atoms with E-state index in [4.69, 9.17) is 0 Å². The summed E-state index contributed by atoms with van der Waals surface area (Å²) in [5, 5.41) is 12.8. The van der Waals surface area contributed by atoms with Gasteiger partial charge in [0.05, 0.1) is 17.6 Å². The van der Waals surface area contributed by atoms with E-state index in [1.165, 1.54) is 6.07 Å². The molecular weight excluding hydrogens is 245 g/mol. The Hall–Kier alpha value is -2.30. The fraction of sp³-hybridized carbons (Fsp3) is 0.214. The summed E-state index contributed by atoms with van der Waals surface area (Å²) in [4.78, 5) is 6.01. The number of nitrogens with zero attached hydrogens (tertiary/aromatic N) is 2. The van der Waals surface area contributed by atoms with Crippen molar-refractivity contribution in [1.82, 2.24) is 4.98 Å². The molecule has 1 heterocycles. The summed E-state index contributed by atoms with van der Waals surface area (Å²) in [5.41, 5.74) is 2.32. The van der Waals surface area contributed by atoms with Crippen LogP contribution >= 0.6 is 0 Å². The van der Waals surface area contributed by atoms with E-state index < -0.39 is 5.82 Å². The molecule has 0 aliphatic heterocycles. The topological polar surface area (TPSA) is 48.4 Å². The largest absolute Gasteiger partial charge is 0.505 e. The Labute approximate surface area is 111 Å². The number of phenols is 1. The zero-order chi connectivity index (χ0) is 13.8. The SMILES string of the molecule is CN(C)c1ccncc1NCc1cccc(F)c1O. The summed E-state index contributed by atoms with van der Waals surface area (Å²) >= 11 is 0. The first kappa shape index (κ1) is 13.1. The number of halogens is 1. The lowest BCUT2D eigenvalue weighted by atomic mass is 10.2. The Morgan fingerprint density at radius 3 is 2.84 bits per heavy atom. The van der Waals surface area contributed by atoms with Crippen LogP contribution in [0.2, 0.25) is 0 Å². The fourth-order valence-electron chi connectivity index (χ4n) is 1.81. The van der Waals surface area contributed by atoms with Gasteiger partial charge < -0.3 is 15.3 Å². The number of rotatable bonds is 4. The highest BCUT2D eigenvalue weighted by molar-refractivity contribution is 5.68. The van der Waals surface area contributed by atoms with Crippen molar-refractivity contribution in [1.29, 1.82) is 0 Å². The molecule has 0 aliphatic carbocycles. The maximum absolute atomic E-state index is 13.2. The van der Waals surface area contributed by atoms with Crippen LogP contribution in [-0.2, 0) is 6.54 Å². The molecule has 2 aromatic rings. The van der Waals surface area contributed by atoms with Gasteiger partial charge in [-0.15, -0.1) is 0 Å². The van der Waals surface area contributed by atoms with Crippen molar-refractivity contribution in [3.05, 3.63) is 48.0 Å². The number of hydrogen-bond donors (Lipinski definition) is 2. The van der Waals surface area contributed by atoms with E-state index in [2.05, 4.69) is 10.3 Å². The van der Waals surface area contributed by atoms with E-state index >= 15 is 0 Å². The van der Waals surface area contributed by atoms with Crippen LogP contribution in [0.15, 0.2) is 36.7 Å². The molecule has 100 valence electrons. The van der Waals surface area contributed by atoms with Gasteiger partial charge in [0.25, 0.3) is 0 Å². The van der Waals surface area contributed by atoms with E-state index in [1.807, 2.05) is 25.1 Å². The molecule has 0 bridgehead atoms. The average molecular weight is 261 g/mol. The maximum Gasteiger partial charge on any atom is 0.165 e. The van der Waals surface area contributed by atoms with Crippen LogP contribution in [0.3, 0.4) is 0 Å². The fourth-order valence-corrected chi connectivity index (χ4v) is 1.81. The van der Waals surface area contributed by atoms with Crippen LogP contribution in [0, 0.1) is 5.82 Å². The van der Waals surface area contributed by atoms with Gasteiger partial charge in [-0.05, 0) is 12.1 Å². The lowest BCUT2D eigenvalue weighted by Gasteiger charge is -2.18. The third-order valence-electron chi connectivity index (χ3n) is 2.82. The van der Waals surface area contributed by atoms with Gasteiger partial charge in [0, 0.05) is 32.4 Å². The monoisotopic (exact) mass is 261 g/mol. The third-order valence-corrected chi connectivity index (χ3v) is 2.82. The van der Waals surface area contributed by atoms with Crippen LogP contribution < -0.4 is 10.2 Å². The van der Waals surface area contributed by atoms with Gasteiger partial charge in [0.1, 0.15) is 0 Å². The maximum atomic E-state index is 13.2. The highest BCUT2D eigenvalue weighted by Gasteiger charge is 2.08. The predicted molar refractivity (Wildman–Crippen MR) is 74.0 cm³/mol. The molecule has 0 fully saturated rings. The standard InChI is InChI=1S/C14H16FN3O/c1-18(2)13-6-7-16-9-12(13)17-8-10-4-3-5-11(15)14(10)19/h3-7,9,17,19H,8H2,1-2H3. The second kappa shape index (κ2) is 5.56. The summed E-state index contributed by atoms with van der Waals surface area (Å²) in [6.45, 7) is 0.329. The minimum Gasteiger partial charge on any atom is -0.505 e. The van der Waals surface area contributed by atoms with Crippen LogP contribution in [-0.4, -0.2) is 24.2 Å². The van der Waals surface area contributed by atoms with Crippen molar-refractivity contribution in [2.24, 2.45) is 0 Å². The van der Waals surface area contributed by atoms with Crippen molar-refractivity contribution in [2.75, 3.05) is 24.3 Å². The van der Waals surface area contributed by atoms with Gasteiger partial charge >= 0.3 is 0 Å². The minimum absolute atomic E-state index is 0.315. The third kappa shape index (κ3) is 2.93. The lowest BCUT2D eigenvalue weighted by Crippen LogP contribution is -2.12. The van der Waals surface area contributed by atoms with Gasteiger partial charge in [-0.25, -0.2) is 4.39 Å². The summed E-state index contributed by atoms with van der Waals surface area (Å²) < 4.78 is 13.2. The Kier molecular flexibility index (Phi) is 3.85. The molecule has 0 spiro atoms. The number of phenolic OH excluding ortho intramolecular Hbond substituents is 1. The molecule has 1 aromatic heterocycles. The molecule has 2 rings (SSSR count). The number of hydrogen-bond acceptors (Lipinski definition) is 4. The quantitative estimate of drug-likeness (QED) is 0.888. The second-order valence-corrected chi connectivity index (χ2v) is 4.39. The predicted octanol–water partition coefficient (Wildman–Crippen LogP) is 2.60. The van der Waals surface area contributed by atoms with E-state index in [9.17, 15) is 9.50 Å². The molecule has 19 heavy (non-hydrogen) atoms. The van der Waals surface area contributed by atoms with Gasteiger partial charge in [-0.2, -0.15) is 0 Å². The van der Waals surface area contributed by atoms with E-state index in [-0.39, 0.29) is 5.75 Å². The first-order valence-corrected chi connectivity index (χ1v) is 5.91. The molecule has 0 amide bonds.